The quantitative estimate of drug-likeness (QED) is 0.583. The number of carbonyl (C=O) groups excluding carboxylic acids is 1. The molecule has 0 aliphatic rings. The van der Waals surface area contributed by atoms with E-state index < -0.39 is 0 Å². The summed E-state index contributed by atoms with van der Waals surface area (Å²) >= 11 is 0. The Morgan fingerprint density at radius 3 is 3.04 bits per heavy atom. The maximum atomic E-state index is 12.2. The topological polar surface area (TPSA) is 112 Å². The number of carbonyl (C=O) groups is 1. The van der Waals surface area contributed by atoms with Gasteiger partial charge in [0.05, 0.1) is 47.0 Å². The molecule has 128 valence electrons. The molecule has 3 heterocycles. The average molecular weight is 345 g/mol. The molecule has 0 spiro atoms. The lowest BCUT2D eigenvalue weighted by Crippen LogP contribution is -2.24. The summed E-state index contributed by atoms with van der Waals surface area (Å²) in [6.07, 6.45) is 5.39. The minimum absolute atomic E-state index is 0.133. The van der Waals surface area contributed by atoms with Crippen LogP contribution in [0.4, 0.5) is 0 Å². The second-order valence-corrected chi connectivity index (χ2v) is 6.02. The first-order valence-electron chi connectivity index (χ1n) is 8.04. The zero-order valence-electron chi connectivity index (χ0n) is 14.0. The Morgan fingerprint density at radius 1 is 1.38 bits per heavy atom. The summed E-state index contributed by atoms with van der Waals surface area (Å²) in [7, 11) is 1.83. The molecule has 0 aliphatic carbocycles. The molecule has 0 aliphatic heterocycles. The van der Waals surface area contributed by atoms with E-state index in [2.05, 4.69) is 31.4 Å². The van der Waals surface area contributed by atoms with Crippen molar-refractivity contribution in [2.45, 2.75) is 13.0 Å². The van der Waals surface area contributed by atoms with E-state index in [9.17, 15) is 4.79 Å². The molecular weight excluding hydrogens is 330 g/mol. The lowest BCUT2D eigenvalue weighted by molar-refractivity contribution is -0.120. The first kappa shape index (κ1) is 15.8. The zero-order valence-corrected chi connectivity index (χ0v) is 14.0. The van der Waals surface area contributed by atoms with E-state index in [4.69, 9.17) is 5.26 Å². The third kappa shape index (κ3) is 2.98. The minimum Gasteiger partial charge on any atom is -0.352 e. The molecule has 2 N–H and O–H groups in total. The molecule has 3 aromatic heterocycles. The number of fused-ring (bicyclic) bond motifs is 3. The van der Waals surface area contributed by atoms with Gasteiger partial charge in [-0.2, -0.15) is 10.4 Å². The summed E-state index contributed by atoms with van der Waals surface area (Å²) in [5, 5.41) is 16.8. The number of aromatic amines is 1. The van der Waals surface area contributed by atoms with Crippen molar-refractivity contribution < 1.29 is 4.79 Å². The Hall–Kier alpha value is -3.73. The van der Waals surface area contributed by atoms with Crippen LogP contribution in [-0.2, 0) is 24.8 Å². The van der Waals surface area contributed by atoms with Crippen LogP contribution in [0.15, 0.2) is 36.8 Å². The number of rotatable bonds is 4. The van der Waals surface area contributed by atoms with Crippen LogP contribution in [-0.4, -0.2) is 30.6 Å². The molecule has 1 amide bonds. The smallest absolute Gasteiger partial charge is 0.227 e. The van der Waals surface area contributed by atoms with Crippen LogP contribution in [0.5, 0.6) is 0 Å². The largest absolute Gasteiger partial charge is 0.352 e. The number of pyridine rings is 1. The Morgan fingerprint density at radius 2 is 2.27 bits per heavy atom. The summed E-state index contributed by atoms with van der Waals surface area (Å²) in [4.78, 5) is 24.2. The van der Waals surface area contributed by atoms with Crippen LogP contribution in [0.25, 0.3) is 21.9 Å². The molecule has 0 unspecified atom stereocenters. The number of hydrogen-bond donors (Lipinski definition) is 2. The summed E-state index contributed by atoms with van der Waals surface area (Å²) in [5.74, 6) is 0.420. The highest BCUT2D eigenvalue weighted by molar-refractivity contribution is 6.02. The fraction of sp³-hybridized carbons (Fsp3) is 0.167. The summed E-state index contributed by atoms with van der Waals surface area (Å²) in [6.45, 7) is 0.420. The number of benzene rings is 1. The van der Waals surface area contributed by atoms with Gasteiger partial charge in [0.2, 0.25) is 5.91 Å². The average Bonchev–Trinajstić information content (AvgIpc) is 3.25. The van der Waals surface area contributed by atoms with Crippen molar-refractivity contribution in [3.05, 3.63) is 53.7 Å². The van der Waals surface area contributed by atoms with Gasteiger partial charge in [-0.3, -0.25) is 14.5 Å². The number of amides is 1. The number of hydrogen-bond acceptors (Lipinski definition) is 5. The highest BCUT2D eigenvalue weighted by Crippen LogP contribution is 2.22. The molecule has 26 heavy (non-hydrogen) atoms. The van der Waals surface area contributed by atoms with Gasteiger partial charge in [0.1, 0.15) is 5.82 Å². The Labute approximate surface area is 148 Å². The highest BCUT2D eigenvalue weighted by Gasteiger charge is 2.12. The second-order valence-electron chi connectivity index (χ2n) is 6.02. The van der Waals surface area contributed by atoms with E-state index in [-0.39, 0.29) is 12.3 Å². The summed E-state index contributed by atoms with van der Waals surface area (Å²) in [6, 6.07) is 7.40. The normalized spacial score (nSPS) is 10.9. The molecule has 4 aromatic rings. The van der Waals surface area contributed by atoms with Crippen molar-refractivity contribution in [1.82, 2.24) is 30.0 Å². The van der Waals surface area contributed by atoms with Crippen LogP contribution in [0.2, 0.25) is 0 Å². The van der Waals surface area contributed by atoms with Crippen LogP contribution < -0.4 is 5.32 Å². The number of nitrogens with one attached hydrogen (secondary N) is 2. The number of aryl methyl sites for hydroxylation is 1. The van der Waals surface area contributed by atoms with Crippen LogP contribution >= 0.6 is 0 Å². The molecule has 8 nitrogen and oxygen atoms in total. The Kier molecular flexibility index (Phi) is 3.82. The lowest BCUT2D eigenvalue weighted by atomic mass is 10.1. The Bertz CT molecular complexity index is 1170. The molecule has 0 fully saturated rings. The molecule has 0 radical (unpaired) electrons. The summed E-state index contributed by atoms with van der Waals surface area (Å²) < 4.78 is 1.69. The van der Waals surface area contributed by atoms with Gasteiger partial charge < -0.3 is 10.3 Å². The van der Waals surface area contributed by atoms with Gasteiger partial charge in [-0.15, -0.1) is 0 Å². The van der Waals surface area contributed by atoms with Crippen molar-refractivity contribution in [1.29, 1.82) is 5.26 Å². The Balaban J connectivity index is 1.56. The molecule has 1 aromatic carbocycles. The zero-order chi connectivity index (χ0) is 18.1. The van der Waals surface area contributed by atoms with Gasteiger partial charge in [0, 0.05) is 30.7 Å². The van der Waals surface area contributed by atoms with E-state index in [1.807, 2.05) is 13.2 Å². The van der Waals surface area contributed by atoms with Crippen molar-refractivity contribution >= 4 is 27.8 Å². The van der Waals surface area contributed by atoms with Gasteiger partial charge in [-0.25, -0.2) is 4.98 Å². The maximum absolute atomic E-state index is 12.2. The second kappa shape index (κ2) is 6.29. The standard InChI is InChI=1S/C18H15N7O/c1-25-10-12(8-22-25)7-21-17(26)5-16-23-15-9-20-14-3-2-11(6-19)4-13(14)18(15)24-16/h2-4,8-10H,5,7H2,1H3,(H,21,26)(H,23,24). The van der Waals surface area contributed by atoms with Gasteiger partial charge in [-0.05, 0) is 18.2 Å². The van der Waals surface area contributed by atoms with Gasteiger partial charge in [-0.1, -0.05) is 0 Å². The molecule has 0 bridgehead atoms. The molecule has 8 heteroatoms. The lowest BCUT2D eigenvalue weighted by Gasteiger charge is -2.01. The predicted molar refractivity (Wildman–Crippen MR) is 94.9 cm³/mol. The number of aromatic nitrogens is 5. The number of nitrogens with zero attached hydrogens (tertiary/aromatic N) is 5. The van der Waals surface area contributed by atoms with E-state index in [1.165, 1.54) is 0 Å². The number of imidazole rings is 1. The van der Waals surface area contributed by atoms with E-state index in [0.29, 0.717) is 23.4 Å². The third-order valence-corrected chi connectivity index (χ3v) is 4.07. The molecule has 0 saturated heterocycles. The molecule has 0 saturated carbocycles. The highest BCUT2D eigenvalue weighted by atomic mass is 16.1. The number of nitriles is 1. The van der Waals surface area contributed by atoms with Crippen molar-refractivity contribution in [2.24, 2.45) is 7.05 Å². The van der Waals surface area contributed by atoms with Gasteiger partial charge in [0.15, 0.2) is 0 Å². The maximum Gasteiger partial charge on any atom is 0.227 e. The monoisotopic (exact) mass is 345 g/mol. The van der Waals surface area contributed by atoms with E-state index >= 15 is 0 Å². The first-order valence-corrected chi connectivity index (χ1v) is 8.04. The molecule has 0 atom stereocenters. The third-order valence-electron chi connectivity index (χ3n) is 4.07. The number of H-pyrrole nitrogens is 1. The predicted octanol–water partition coefficient (Wildman–Crippen LogP) is 1.58. The van der Waals surface area contributed by atoms with Gasteiger partial charge >= 0.3 is 0 Å². The van der Waals surface area contributed by atoms with Crippen molar-refractivity contribution in [2.75, 3.05) is 0 Å². The summed E-state index contributed by atoms with van der Waals surface area (Å²) in [5.41, 5.74) is 3.69. The van der Waals surface area contributed by atoms with Crippen LogP contribution in [0.3, 0.4) is 0 Å². The fourth-order valence-electron chi connectivity index (χ4n) is 2.84. The van der Waals surface area contributed by atoms with Crippen molar-refractivity contribution in [3.8, 4) is 6.07 Å². The molecular formula is C18H15N7O. The van der Waals surface area contributed by atoms with E-state index in [1.54, 1.807) is 35.3 Å². The minimum atomic E-state index is -0.136. The fourth-order valence-corrected chi connectivity index (χ4v) is 2.84. The molecule has 4 rings (SSSR count). The van der Waals surface area contributed by atoms with Gasteiger partial charge in [0.25, 0.3) is 0 Å². The van der Waals surface area contributed by atoms with Crippen molar-refractivity contribution in [3.63, 3.8) is 0 Å². The van der Waals surface area contributed by atoms with Crippen LogP contribution in [0, 0.1) is 11.3 Å². The van der Waals surface area contributed by atoms with Crippen LogP contribution in [0.1, 0.15) is 17.0 Å². The first-order chi connectivity index (χ1) is 12.6. The SMILES string of the molecule is Cn1cc(CNC(=O)Cc2nc3c(cnc4ccc(C#N)cc43)[nH]2)cn1. The van der Waals surface area contributed by atoms with E-state index in [0.717, 1.165) is 22.0 Å².